The average molecular weight is 291 g/mol. The zero-order valence-electron chi connectivity index (χ0n) is 12.2. The lowest BCUT2D eigenvalue weighted by Crippen LogP contribution is -2.35. The number of benzene rings is 2. The lowest BCUT2D eigenvalue weighted by Gasteiger charge is -2.16. The van der Waals surface area contributed by atoms with Crippen LogP contribution >= 0.6 is 0 Å². The smallest absolute Gasteiger partial charge is 0.165 e. The van der Waals surface area contributed by atoms with Gasteiger partial charge in [0.1, 0.15) is 18.5 Å². The number of fused-ring (bicyclic) bond motifs is 1. The monoisotopic (exact) mass is 291 g/mol. The van der Waals surface area contributed by atoms with Crippen molar-refractivity contribution >= 4 is 10.8 Å². The van der Waals surface area contributed by atoms with Gasteiger partial charge in [0.15, 0.2) is 11.5 Å². The van der Waals surface area contributed by atoms with Gasteiger partial charge in [-0.1, -0.05) is 38.1 Å². The minimum absolute atomic E-state index is 0.105. The molecule has 0 unspecified atom stereocenters. The Morgan fingerprint density at radius 3 is 2.48 bits per heavy atom. The van der Waals surface area contributed by atoms with Gasteiger partial charge >= 0.3 is 0 Å². The number of nitrogens with one attached hydrogen (secondary N) is 1. The van der Waals surface area contributed by atoms with Crippen molar-refractivity contribution in [1.29, 1.82) is 0 Å². The van der Waals surface area contributed by atoms with Gasteiger partial charge in [-0.15, -0.1) is 0 Å². The summed E-state index contributed by atoms with van der Waals surface area (Å²) in [7, 11) is 0. The number of phenols is 2. The predicted octanol–water partition coefficient (Wildman–Crippen LogP) is 1.99. The summed E-state index contributed by atoms with van der Waals surface area (Å²) in [6.45, 7) is 4.53. The Kier molecular flexibility index (Phi) is 4.88. The van der Waals surface area contributed by atoms with Crippen LogP contribution in [0.15, 0.2) is 30.3 Å². The fourth-order valence-electron chi connectivity index (χ4n) is 2.05. The number of ether oxygens (including phenoxy) is 1. The number of aromatic hydroxyl groups is 2. The van der Waals surface area contributed by atoms with Gasteiger partial charge < -0.3 is 25.4 Å². The lowest BCUT2D eigenvalue weighted by atomic mass is 10.1. The molecule has 5 heteroatoms. The van der Waals surface area contributed by atoms with Crippen LogP contribution in [0.1, 0.15) is 13.8 Å². The SMILES string of the molecule is CC(C)NC[C@H](O)COc1cc(O)c(O)c2ccccc12. The molecular weight excluding hydrogens is 270 g/mol. The first kappa shape index (κ1) is 15.4. The topological polar surface area (TPSA) is 82.0 Å². The van der Waals surface area contributed by atoms with E-state index in [0.29, 0.717) is 23.1 Å². The standard InChI is InChI=1S/C16H21NO4/c1-10(2)17-8-11(18)9-21-15-7-14(19)16(20)13-6-4-3-5-12(13)15/h3-7,10-11,17-20H,8-9H2,1-2H3/t11-/m0/s1. The first-order valence-electron chi connectivity index (χ1n) is 6.97. The van der Waals surface area contributed by atoms with Gasteiger partial charge in [-0.2, -0.15) is 0 Å². The maximum Gasteiger partial charge on any atom is 0.165 e. The van der Waals surface area contributed by atoms with Crippen molar-refractivity contribution < 1.29 is 20.1 Å². The second-order valence-electron chi connectivity index (χ2n) is 5.32. The Morgan fingerprint density at radius 2 is 1.81 bits per heavy atom. The molecule has 114 valence electrons. The van der Waals surface area contributed by atoms with E-state index in [9.17, 15) is 15.3 Å². The fourth-order valence-corrected chi connectivity index (χ4v) is 2.05. The molecule has 0 amide bonds. The normalized spacial score (nSPS) is 12.8. The van der Waals surface area contributed by atoms with Crippen LogP contribution in [0.2, 0.25) is 0 Å². The Morgan fingerprint density at radius 1 is 1.14 bits per heavy atom. The van der Waals surface area contributed by atoms with Gasteiger partial charge in [-0.25, -0.2) is 0 Å². The Balaban J connectivity index is 2.14. The molecule has 1 atom stereocenters. The molecule has 0 saturated carbocycles. The van der Waals surface area contributed by atoms with E-state index < -0.39 is 6.10 Å². The number of aliphatic hydroxyl groups is 1. The van der Waals surface area contributed by atoms with E-state index in [0.717, 1.165) is 0 Å². The van der Waals surface area contributed by atoms with E-state index in [4.69, 9.17) is 4.74 Å². The number of aliphatic hydroxyl groups excluding tert-OH is 1. The highest BCUT2D eigenvalue weighted by Gasteiger charge is 2.13. The molecule has 2 aromatic rings. The van der Waals surface area contributed by atoms with Crippen LogP contribution in [-0.2, 0) is 0 Å². The largest absolute Gasteiger partial charge is 0.504 e. The summed E-state index contributed by atoms with van der Waals surface area (Å²) in [5.74, 6) is 0.0305. The van der Waals surface area contributed by atoms with Crippen molar-refractivity contribution in [2.24, 2.45) is 0 Å². The summed E-state index contributed by atoms with van der Waals surface area (Å²) < 4.78 is 5.59. The van der Waals surface area contributed by atoms with E-state index in [1.54, 1.807) is 18.2 Å². The minimum atomic E-state index is -0.651. The third kappa shape index (κ3) is 3.77. The van der Waals surface area contributed by atoms with Crippen LogP contribution in [0, 0.1) is 0 Å². The summed E-state index contributed by atoms with van der Waals surface area (Å²) in [5, 5.41) is 33.8. The van der Waals surface area contributed by atoms with Gasteiger partial charge in [0.25, 0.3) is 0 Å². The third-order valence-corrected chi connectivity index (χ3v) is 3.15. The molecule has 4 N–H and O–H groups in total. The first-order valence-corrected chi connectivity index (χ1v) is 6.97. The molecule has 0 heterocycles. The van der Waals surface area contributed by atoms with Crippen LogP contribution in [0.3, 0.4) is 0 Å². The van der Waals surface area contributed by atoms with Crippen LogP contribution < -0.4 is 10.1 Å². The molecule has 5 nitrogen and oxygen atoms in total. The van der Waals surface area contributed by atoms with Crippen LogP contribution in [0.5, 0.6) is 17.2 Å². The van der Waals surface area contributed by atoms with E-state index in [1.807, 2.05) is 19.9 Å². The van der Waals surface area contributed by atoms with Gasteiger partial charge in [0.2, 0.25) is 0 Å². The van der Waals surface area contributed by atoms with E-state index >= 15 is 0 Å². The molecule has 0 saturated heterocycles. The maximum atomic E-state index is 9.86. The lowest BCUT2D eigenvalue weighted by molar-refractivity contribution is 0.105. The number of phenolic OH excluding ortho intramolecular Hbond substituents is 2. The molecule has 0 aliphatic rings. The highest BCUT2D eigenvalue weighted by molar-refractivity contribution is 5.95. The zero-order chi connectivity index (χ0) is 15.4. The van der Waals surface area contributed by atoms with Crippen molar-refractivity contribution in [3.63, 3.8) is 0 Å². The highest BCUT2D eigenvalue weighted by Crippen LogP contribution is 2.39. The van der Waals surface area contributed by atoms with E-state index in [1.165, 1.54) is 6.07 Å². The molecule has 0 aliphatic heterocycles. The molecule has 2 aromatic carbocycles. The van der Waals surface area contributed by atoms with Crippen LogP contribution in [-0.4, -0.2) is 40.6 Å². The molecule has 0 aliphatic carbocycles. The van der Waals surface area contributed by atoms with E-state index in [-0.39, 0.29) is 24.1 Å². The van der Waals surface area contributed by atoms with E-state index in [2.05, 4.69) is 5.32 Å². The summed E-state index contributed by atoms with van der Waals surface area (Å²) in [6, 6.07) is 8.74. The quantitative estimate of drug-likeness (QED) is 0.612. The van der Waals surface area contributed by atoms with Crippen LogP contribution in [0.25, 0.3) is 10.8 Å². The maximum absolute atomic E-state index is 9.86. The summed E-state index contributed by atoms with van der Waals surface area (Å²) in [6.07, 6.45) is -0.651. The molecule has 21 heavy (non-hydrogen) atoms. The van der Waals surface area contributed by atoms with Gasteiger partial charge in [0.05, 0.1) is 0 Å². The molecule has 0 radical (unpaired) electrons. The van der Waals surface area contributed by atoms with Crippen LogP contribution in [0.4, 0.5) is 0 Å². The molecule has 0 fully saturated rings. The molecule has 0 bridgehead atoms. The Hall–Kier alpha value is -1.98. The van der Waals surface area contributed by atoms with Crippen molar-refractivity contribution in [2.45, 2.75) is 26.0 Å². The Bertz CT molecular complexity index is 612. The van der Waals surface area contributed by atoms with Crippen molar-refractivity contribution in [2.75, 3.05) is 13.2 Å². The number of hydrogen-bond donors (Lipinski definition) is 4. The molecule has 0 spiro atoms. The van der Waals surface area contributed by atoms with Crippen molar-refractivity contribution in [3.05, 3.63) is 30.3 Å². The number of rotatable bonds is 6. The molecule has 0 aromatic heterocycles. The first-order chi connectivity index (χ1) is 9.99. The second kappa shape index (κ2) is 6.65. The third-order valence-electron chi connectivity index (χ3n) is 3.15. The molecule has 2 rings (SSSR count). The predicted molar refractivity (Wildman–Crippen MR) is 81.9 cm³/mol. The van der Waals surface area contributed by atoms with Gasteiger partial charge in [0, 0.05) is 29.4 Å². The molecular formula is C16H21NO4. The van der Waals surface area contributed by atoms with Gasteiger partial charge in [-0.05, 0) is 0 Å². The highest BCUT2D eigenvalue weighted by atomic mass is 16.5. The average Bonchev–Trinajstić information content (AvgIpc) is 2.47. The van der Waals surface area contributed by atoms with Crippen molar-refractivity contribution in [1.82, 2.24) is 5.32 Å². The van der Waals surface area contributed by atoms with Crippen molar-refractivity contribution in [3.8, 4) is 17.2 Å². The Labute approximate surface area is 123 Å². The summed E-state index contributed by atoms with van der Waals surface area (Å²) >= 11 is 0. The summed E-state index contributed by atoms with van der Waals surface area (Å²) in [5.41, 5.74) is 0. The number of hydrogen-bond acceptors (Lipinski definition) is 5. The van der Waals surface area contributed by atoms with Gasteiger partial charge in [-0.3, -0.25) is 0 Å². The summed E-state index contributed by atoms with van der Waals surface area (Å²) in [4.78, 5) is 0. The minimum Gasteiger partial charge on any atom is -0.504 e. The second-order valence-corrected chi connectivity index (χ2v) is 5.32. The zero-order valence-corrected chi connectivity index (χ0v) is 12.2. The fraction of sp³-hybridized carbons (Fsp3) is 0.375.